The minimum absolute atomic E-state index is 0.149. The number of rotatable bonds is 15. The van der Waals surface area contributed by atoms with Crippen LogP contribution >= 0.6 is 35.3 Å². The van der Waals surface area contributed by atoms with Gasteiger partial charge in [-0.25, -0.2) is 14.0 Å². The summed E-state index contributed by atoms with van der Waals surface area (Å²) in [5.74, 6) is 0.448. The Morgan fingerprint density at radius 2 is 0.683 bits per heavy atom. The minimum Gasteiger partial charge on any atom is -0.394 e. The molecule has 7 heterocycles. The van der Waals surface area contributed by atoms with E-state index in [-0.39, 0.29) is 32.7 Å². The van der Waals surface area contributed by atoms with Gasteiger partial charge in [0.1, 0.15) is 73.2 Å². The second kappa shape index (κ2) is 19.5. The first-order chi connectivity index (χ1) is 28.8. The second-order valence-corrected chi connectivity index (χ2v) is 16.6. The van der Waals surface area contributed by atoms with Crippen molar-refractivity contribution in [3.63, 3.8) is 0 Å². The molecule has 0 bridgehead atoms. The fraction of sp³-hybridized carbons (Fsp3) is 0.700. The molecule has 0 aromatic carbocycles. The number of thioether (sulfide) groups is 3. The molecule has 0 aliphatic carbocycles. The second-order valence-electron chi connectivity index (χ2n) is 13.8. The predicted molar refractivity (Wildman–Crippen MR) is 196 cm³/mol. The Hall–Kier alpha value is -3.12. The Bertz CT molecular complexity index is 1780. The van der Waals surface area contributed by atoms with Crippen LogP contribution in [0.25, 0.3) is 0 Å². The first-order valence-electron chi connectivity index (χ1n) is 18.1. The van der Waals surface area contributed by atoms with Gasteiger partial charge in [-0.1, -0.05) is 50.9 Å². The largest absolute Gasteiger partial charge is 0.394 e. The highest BCUT2D eigenvalue weighted by molar-refractivity contribution is 7.99. The van der Waals surface area contributed by atoms with Gasteiger partial charge in [0.15, 0.2) is 34.2 Å². The van der Waals surface area contributed by atoms with E-state index < -0.39 is 112 Å². The summed E-state index contributed by atoms with van der Waals surface area (Å²) in [5, 5.41) is 146. The average molecular weight is 907 g/mol. The predicted octanol–water partition coefficient (Wildman–Crippen LogP) is -6.56. The standard InChI is InChI=1S/C30H42N12O15S3/c43-4-13-16(46)19(49)22(52)25(55-13)40-1-10(34-37-40)7-58-28-31-29(59-8-11-2-41(38-35-11)26-23(53)20(50)17(47)14(5-44)56-26)33-30(32-28)60-9-12-3-42(39-36-12)27-24(54)21(51)18(48)15(6-45)57-27/h1-3,13-27,43-54H,4-9H2/t13-,14-,15-,16+,17+,18+,19+,20+,21+,22-,23-,24-,25-,26-,27-/m1/s1. The maximum absolute atomic E-state index is 10.5. The van der Waals surface area contributed by atoms with Crippen molar-refractivity contribution in [2.75, 3.05) is 19.8 Å². The lowest BCUT2D eigenvalue weighted by molar-refractivity contribution is -0.254. The van der Waals surface area contributed by atoms with Crippen molar-refractivity contribution in [1.82, 2.24) is 59.9 Å². The van der Waals surface area contributed by atoms with E-state index in [2.05, 4.69) is 45.9 Å². The van der Waals surface area contributed by atoms with Crippen LogP contribution in [0.4, 0.5) is 0 Å². The fourth-order valence-electron chi connectivity index (χ4n) is 6.34. The van der Waals surface area contributed by atoms with Crippen molar-refractivity contribution in [2.45, 2.75) is 125 Å². The lowest BCUT2D eigenvalue weighted by Gasteiger charge is -2.39. The zero-order valence-corrected chi connectivity index (χ0v) is 33.3. The van der Waals surface area contributed by atoms with E-state index in [9.17, 15) is 61.3 Å². The van der Waals surface area contributed by atoms with Gasteiger partial charge in [0.25, 0.3) is 0 Å². The molecule has 27 nitrogen and oxygen atoms in total. The molecule has 4 aromatic rings. The third-order valence-electron chi connectivity index (χ3n) is 9.68. The molecule has 3 aliphatic heterocycles. The monoisotopic (exact) mass is 906 g/mol. The molecule has 0 saturated carbocycles. The van der Waals surface area contributed by atoms with Crippen molar-refractivity contribution in [2.24, 2.45) is 0 Å². The molecular weight excluding hydrogens is 865 g/mol. The van der Waals surface area contributed by atoms with E-state index >= 15 is 0 Å². The normalized spacial score (nSPS) is 34.9. The summed E-state index contributed by atoms with van der Waals surface area (Å²) >= 11 is 3.43. The van der Waals surface area contributed by atoms with Crippen molar-refractivity contribution in [3.05, 3.63) is 35.7 Å². The molecule has 7 rings (SSSR count). The summed E-state index contributed by atoms with van der Waals surface area (Å²) in [4.78, 5) is 13.6. The van der Waals surface area contributed by atoms with Crippen LogP contribution in [0.2, 0.25) is 0 Å². The van der Waals surface area contributed by atoms with Crippen LogP contribution in [0.15, 0.2) is 34.1 Å². The topological polar surface area (TPSA) is 401 Å². The van der Waals surface area contributed by atoms with Crippen molar-refractivity contribution in [1.29, 1.82) is 0 Å². The van der Waals surface area contributed by atoms with Gasteiger partial charge in [-0.3, -0.25) is 0 Å². The highest BCUT2D eigenvalue weighted by Gasteiger charge is 2.47. The van der Waals surface area contributed by atoms with Crippen LogP contribution < -0.4 is 0 Å². The van der Waals surface area contributed by atoms with Gasteiger partial charge in [-0.15, -0.1) is 15.3 Å². The maximum Gasteiger partial charge on any atom is 0.192 e. The van der Waals surface area contributed by atoms with Crippen LogP contribution in [0.1, 0.15) is 35.8 Å². The molecule has 4 aromatic heterocycles. The Labute approximate surface area is 350 Å². The van der Waals surface area contributed by atoms with Gasteiger partial charge in [-0.2, -0.15) is 15.0 Å². The Morgan fingerprint density at radius 1 is 0.417 bits per heavy atom. The summed E-state index contributed by atoms with van der Waals surface area (Å²) in [7, 11) is 0. The van der Waals surface area contributed by atoms with Crippen molar-refractivity contribution >= 4 is 35.3 Å². The molecule has 0 spiro atoms. The van der Waals surface area contributed by atoms with E-state index in [0.717, 1.165) is 49.3 Å². The third-order valence-corrected chi connectivity index (χ3v) is 12.3. The van der Waals surface area contributed by atoms with Crippen LogP contribution in [0, 0.1) is 0 Å². The van der Waals surface area contributed by atoms with Crippen LogP contribution in [-0.2, 0) is 31.5 Å². The van der Waals surface area contributed by atoms with Crippen LogP contribution in [-0.4, -0.2) is 214 Å². The molecule has 3 fully saturated rings. The average Bonchev–Trinajstić information content (AvgIpc) is 4.04. The number of hydrogen-bond donors (Lipinski definition) is 12. The number of ether oxygens (including phenoxy) is 3. The lowest BCUT2D eigenvalue weighted by atomic mass is 9.98. The molecule has 0 amide bonds. The summed E-state index contributed by atoms with van der Waals surface area (Å²) < 4.78 is 20.1. The molecule has 15 atom stereocenters. The molecule has 3 aliphatic rings. The molecule has 60 heavy (non-hydrogen) atoms. The Kier molecular flexibility index (Phi) is 14.6. The van der Waals surface area contributed by atoms with Crippen LogP contribution in [0.5, 0.6) is 0 Å². The molecule has 0 radical (unpaired) electrons. The number of aromatic nitrogens is 12. The number of aliphatic hydroxyl groups excluding tert-OH is 12. The maximum atomic E-state index is 10.5. The first-order valence-corrected chi connectivity index (χ1v) is 21.0. The summed E-state index contributed by atoms with van der Waals surface area (Å²) in [5.41, 5.74) is 1.15. The van der Waals surface area contributed by atoms with Crippen molar-refractivity contribution in [3.8, 4) is 0 Å². The molecule has 330 valence electrons. The minimum atomic E-state index is -1.62. The highest BCUT2D eigenvalue weighted by Crippen LogP contribution is 2.33. The van der Waals surface area contributed by atoms with E-state index in [0.29, 0.717) is 17.1 Å². The third kappa shape index (κ3) is 9.59. The highest BCUT2D eigenvalue weighted by atomic mass is 32.2. The quantitative estimate of drug-likeness (QED) is 0.0493. The van der Waals surface area contributed by atoms with Gasteiger partial charge in [0.05, 0.1) is 55.5 Å². The lowest BCUT2D eigenvalue weighted by Crippen LogP contribution is -2.56. The Balaban J connectivity index is 1.06. The van der Waals surface area contributed by atoms with Gasteiger partial charge < -0.3 is 75.5 Å². The summed E-state index contributed by atoms with van der Waals surface area (Å²) in [6.45, 7) is -1.86. The van der Waals surface area contributed by atoms with E-state index in [1.54, 1.807) is 0 Å². The smallest absolute Gasteiger partial charge is 0.192 e. The van der Waals surface area contributed by atoms with Crippen molar-refractivity contribution < 1.29 is 75.5 Å². The zero-order chi connectivity index (χ0) is 42.8. The fourth-order valence-corrected chi connectivity index (χ4v) is 8.65. The number of nitrogens with zero attached hydrogens (tertiary/aromatic N) is 12. The molecule has 12 N–H and O–H groups in total. The summed E-state index contributed by atoms with van der Waals surface area (Å²) in [6, 6.07) is 0. The molecule has 3 saturated heterocycles. The molecular formula is C30H42N12O15S3. The van der Waals surface area contributed by atoms with Gasteiger partial charge in [-0.05, 0) is 0 Å². The molecule has 0 unspecified atom stereocenters. The molecule has 30 heteroatoms. The van der Waals surface area contributed by atoms with Gasteiger partial charge in [0.2, 0.25) is 0 Å². The van der Waals surface area contributed by atoms with E-state index in [1.807, 2.05) is 0 Å². The van der Waals surface area contributed by atoms with E-state index in [1.165, 1.54) is 18.6 Å². The first kappa shape index (κ1) is 44.9. The zero-order valence-electron chi connectivity index (χ0n) is 30.8. The number of hydrogen-bond acceptors (Lipinski definition) is 27. The van der Waals surface area contributed by atoms with Crippen LogP contribution in [0.3, 0.4) is 0 Å². The Morgan fingerprint density at radius 3 is 0.933 bits per heavy atom. The SMILES string of the molecule is OC[C@H]1O[C@@H](n2cc(CSc3nc(SCc4cn([C@@H]5O[C@H](CO)[C@H](O)[C@H](O)[C@H]5O)nn4)nc(SCc4cn([C@@H]5O[C@H](CO)[C@H](O)[C@H](O)[C@H]5O)nn4)n3)nn2)[C@H](O)[C@@H](O)[C@H]1O. The van der Waals surface area contributed by atoms with Gasteiger partial charge >= 0.3 is 0 Å². The van der Waals surface area contributed by atoms with E-state index in [4.69, 9.17) is 14.2 Å². The summed E-state index contributed by atoms with van der Waals surface area (Å²) in [6.07, 6.45) is -17.1. The van der Waals surface area contributed by atoms with Gasteiger partial charge in [0, 0.05) is 17.3 Å². The number of aliphatic hydroxyl groups is 12.